The molecule has 1 aliphatic rings. The number of hydrogen-bond donors (Lipinski definition) is 2. The molecule has 1 aromatic heterocycles. The summed E-state index contributed by atoms with van der Waals surface area (Å²) in [4.78, 5) is 15.5. The predicted molar refractivity (Wildman–Crippen MR) is 79.8 cm³/mol. The van der Waals surface area contributed by atoms with Crippen LogP contribution in [0.4, 0.5) is 8.78 Å². The maximum atomic E-state index is 12.6. The minimum atomic E-state index is -2.64. The number of imidazole rings is 1. The Kier molecular flexibility index (Phi) is 8.77. The van der Waals surface area contributed by atoms with Crippen molar-refractivity contribution < 1.29 is 13.6 Å². The molecule has 0 bridgehead atoms. The molecule has 0 aromatic carbocycles. The van der Waals surface area contributed by atoms with E-state index >= 15 is 0 Å². The Labute approximate surface area is 134 Å². The molecule has 21 heavy (non-hydrogen) atoms. The number of nitrogens with two attached hydrogens (primary N) is 1. The third-order valence-electron chi connectivity index (χ3n) is 3.57. The topological polar surface area (TPSA) is 72.9 Å². The summed E-state index contributed by atoms with van der Waals surface area (Å²) in [7, 11) is 0. The average Bonchev–Trinajstić information content (AvgIpc) is 2.96. The van der Waals surface area contributed by atoms with Crippen LogP contribution in [0.15, 0.2) is 12.4 Å². The number of nitrogens with zero attached hydrogens (tertiary/aromatic N) is 2. The summed E-state index contributed by atoms with van der Waals surface area (Å²) in [5.41, 5.74) is 5.89. The van der Waals surface area contributed by atoms with Crippen LogP contribution >= 0.6 is 24.8 Å². The van der Waals surface area contributed by atoms with E-state index < -0.39 is 6.55 Å². The van der Waals surface area contributed by atoms with Gasteiger partial charge in [-0.3, -0.25) is 9.36 Å². The Balaban J connectivity index is 0.00000200. The van der Waals surface area contributed by atoms with E-state index in [-0.39, 0.29) is 55.1 Å². The SMILES string of the molecule is Cl.Cl.N[C@@H]1CCC[C@H]1CC(=O)NCc1nccn1C(F)F. The van der Waals surface area contributed by atoms with Gasteiger partial charge in [-0.25, -0.2) is 4.98 Å². The van der Waals surface area contributed by atoms with E-state index in [2.05, 4.69) is 10.3 Å². The lowest BCUT2D eigenvalue weighted by Crippen LogP contribution is -2.31. The second-order valence-corrected chi connectivity index (χ2v) is 4.86. The molecule has 0 saturated heterocycles. The third-order valence-corrected chi connectivity index (χ3v) is 3.57. The van der Waals surface area contributed by atoms with Crippen LogP contribution in [0, 0.1) is 5.92 Å². The molecular weight excluding hydrogens is 325 g/mol. The smallest absolute Gasteiger partial charge is 0.319 e. The molecule has 2 rings (SSSR count). The van der Waals surface area contributed by atoms with Crippen molar-refractivity contribution in [3.8, 4) is 0 Å². The zero-order valence-electron chi connectivity index (χ0n) is 11.4. The van der Waals surface area contributed by atoms with E-state index in [0.717, 1.165) is 23.8 Å². The van der Waals surface area contributed by atoms with Gasteiger partial charge in [0.25, 0.3) is 0 Å². The number of rotatable bonds is 5. The highest BCUT2D eigenvalue weighted by atomic mass is 35.5. The molecule has 122 valence electrons. The number of halogens is 4. The Morgan fingerprint density at radius 2 is 2.19 bits per heavy atom. The lowest BCUT2D eigenvalue weighted by molar-refractivity contribution is -0.122. The van der Waals surface area contributed by atoms with Crippen LogP contribution in [0.5, 0.6) is 0 Å². The highest BCUT2D eigenvalue weighted by Crippen LogP contribution is 2.26. The van der Waals surface area contributed by atoms with Crippen LogP contribution < -0.4 is 11.1 Å². The molecule has 1 amide bonds. The van der Waals surface area contributed by atoms with Crippen molar-refractivity contribution in [2.45, 2.75) is 44.8 Å². The first-order valence-corrected chi connectivity index (χ1v) is 6.40. The largest absolute Gasteiger partial charge is 0.349 e. The fourth-order valence-corrected chi connectivity index (χ4v) is 2.47. The first-order valence-electron chi connectivity index (χ1n) is 6.40. The normalized spacial score (nSPS) is 20.8. The van der Waals surface area contributed by atoms with Crippen LogP contribution in [0.2, 0.25) is 0 Å². The number of amides is 1. The first kappa shape index (κ1) is 20.1. The summed E-state index contributed by atoms with van der Waals surface area (Å²) in [6.45, 7) is -2.63. The molecule has 3 N–H and O–H groups in total. The van der Waals surface area contributed by atoms with E-state index in [1.165, 1.54) is 12.4 Å². The molecule has 2 atom stereocenters. The van der Waals surface area contributed by atoms with Crippen LogP contribution in [-0.2, 0) is 11.3 Å². The van der Waals surface area contributed by atoms with Crippen molar-refractivity contribution in [2.24, 2.45) is 11.7 Å². The van der Waals surface area contributed by atoms with E-state index in [1.807, 2.05) is 0 Å². The van der Waals surface area contributed by atoms with Crippen molar-refractivity contribution in [3.63, 3.8) is 0 Å². The number of aromatic nitrogens is 2. The predicted octanol–water partition coefficient (Wildman–Crippen LogP) is 2.26. The van der Waals surface area contributed by atoms with Gasteiger partial charge in [0.1, 0.15) is 5.82 Å². The average molecular weight is 345 g/mol. The van der Waals surface area contributed by atoms with Crippen molar-refractivity contribution >= 4 is 30.7 Å². The van der Waals surface area contributed by atoms with Crippen molar-refractivity contribution in [1.82, 2.24) is 14.9 Å². The molecule has 1 heterocycles. The summed E-state index contributed by atoms with van der Waals surface area (Å²) >= 11 is 0. The standard InChI is InChI=1S/C12H18F2N4O.2ClH/c13-12(14)18-5-4-16-10(18)7-17-11(19)6-8-2-1-3-9(8)15;;/h4-5,8-9,12H,1-3,6-7,15H2,(H,17,19);2*1H/t8-,9+;;/m0../s1. The maximum absolute atomic E-state index is 12.6. The fraction of sp³-hybridized carbons (Fsp3) is 0.667. The molecule has 5 nitrogen and oxygen atoms in total. The monoisotopic (exact) mass is 344 g/mol. The Bertz CT molecular complexity index is 445. The van der Waals surface area contributed by atoms with Gasteiger partial charge < -0.3 is 11.1 Å². The molecule has 1 saturated carbocycles. The number of alkyl halides is 2. The quantitative estimate of drug-likeness (QED) is 0.860. The van der Waals surface area contributed by atoms with Gasteiger partial charge in [0.05, 0.1) is 6.54 Å². The molecular formula is C12H20Cl2F2N4O. The van der Waals surface area contributed by atoms with E-state index in [4.69, 9.17) is 5.73 Å². The minimum absolute atomic E-state index is 0. The van der Waals surface area contributed by atoms with E-state index in [1.54, 1.807) is 0 Å². The van der Waals surface area contributed by atoms with E-state index in [0.29, 0.717) is 6.42 Å². The lowest BCUT2D eigenvalue weighted by Gasteiger charge is -2.14. The molecule has 0 aliphatic heterocycles. The van der Waals surface area contributed by atoms with Gasteiger partial charge in [-0.15, -0.1) is 24.8 Å². The van der Waals surface area contributed by atoms with Gasteiger partial charge in [-0.1, -0.05) is 6.42 Å². The van der Waals surface area contributed by atoms with Gasteiger partial charge in [0, 0.05) is 24.9 Å². The van der Waals surface area contributed by atoms with Crippen LogP contribution in [-0.4, -0.2) is 21.5 Å². The van der Waals surface area contributed by atoms with Gasteiger partial charge in [-0.2, -0.15) is 8.78 Å². The summed E-state index contributed by atoms with van der Waals surface area (Å²) in [6.07, 6.45) is 5.80. The number of carbonyl (C=O) groups excluding carboxylic acids is 1. The van der Waals surface area contributed by atoms with Crippen LogP contribution in [0.25, 0.3) is 0 Å². The molecule has 1 aromatic rings. The van der Waals surface area contributed by atoms with Gasteiger partial charge >= 0.3 is 6.55 Å². The zero-order valence-corrected chi connectivity index (χ0v) is 13.0. The minimum Gasteiger partial charge on any atom is -0.349 e. The highest BCUT2D eigenvalue weighted by molar-refractivity contribution is 5.85. The number of nitrogens with one attached hydrogen (secondary N) is 1. The molecule has 0 radical (unpaired) electrons. The molecule has 1 fully saturated rings. The molecule has 9 heteroatoms. The van der Waals surface area contributed by atoms with Crippen molar-refractivity contribution in [2.75, 3.05) is 0 Å². The van der Waals surface area contributed by atoms with Gasteiger partial charge in [0.15, 0.2) is 0 Å². The zero-order chi connectivity index (χ0) is 13.8. The van der Waals surface area contributed by atoms with Gasteiger partial charge in [0.2, 0.25) is 5.91 Å². The summed E-state index contributed by atoms with van der Waals surface area (Å²) in [6, 6.07) is 0.0776. The fourth-order valence-electron chi connectivity index (χ4n) is 2.47. The van der Waals surface area contributed by atoms with Crippen molar-refractivity contribution in [3.05, 3.63) is 18.2 Å². The number of carbonyl (C=O) groups is 1. The molecule has 0 spiro atoms. The Morgan fingerprint density at radius 3 is 2.76 bits per heavy atom. The van der Waals surface area contributed by atoms with Crippen LogP contribution in [0.1, 0.15) is 38.1 Å². The summed E-state index contributed by atoms with van der Waals surface area (Å²) in [5.74, 6) is 0.195. The number of hydrogen-bond acceptors (Lipinski definition) is 3. The summed E-state index contributed by atoms with van der Waals surface area (Å²) < 4.78 is 25.9. The molecule has 0 unspecified atom stereocenters. The summed E-state index contributed by atoms with van der Waals surface area (Å²) in [5, 5.41) is 2.62. The third kappa shape index (κ3) is 5.41. The van der Waals surface area contributed by atoms with Gasteiger partial charge in [-0.05, 0) is 18.8 Å². The second-order valence-electron chi connectivity index (χ2n) is 4.86. The highest BCUT2D eigenvalue weighted by Gasteiger charge is 2.26. The second kappa shape index (κ2) is 9.17. The first-order chi connectivity index (χ1) is 9.08. The Hall–Kier alpha value is -0.920. The lowest BCUT2D eigenvalue weighted by atomic mass is 10.00. The Morgan fingerprint density at radius 1 is 1.48 bits per heavy atom. The molecule has 1 aliphatic carbocycles. The van der Waals surface area contributed by atoms with Crippen molar-refractivity contribution in [1.29, 1.82) is 0 Å². The van der Waals surface area contributed by atoms with Crippen LogP contribution in [0.3, 0.4) is 0 Å². The van der Waals surface area contributed by atoms with E-state index in [9.17, 15) is 13.6 Å². The maximum Gasteiger partial charge on any atom is 0.319 e.